The fourth-order valence-corrected chi connectivity index (χ4v) is 1.23. The van der Waals surface area contributed by atoms with Gasteiger partial charge >= 0.3 is 5.97 Å². The maximum absolute atomic E-state index is 11.4. The van der Waals surface area contributed by atoms with Gasteiger partial charge in [0.25, 0.3) is 0 Å². The molecule has 0 aliphatic rings. The van der Waals surface area contributed by atoms with Gasteiger partial charge in [0.05, 0.1) is 13.0 Å². The van der Waals surface area contributed by atoms with E-state index in [1.165, 1.54) is 0 Å². The lowest BCUT2D eigenvalue weighted by Gasteiger charge is -2.22. The van der Waals surface area contributed by atoms with E-state index in [4.69, 9.17) is 9.84 Å². The van der Waals surface area contributed by atoms with Gasteiger partial charge < -0.3 is 15.2 Å². The predicted octanol–water partition coefficient (Wildman–Crippen LogP) is 1.08. The van der Waals surface area contributed by atoms with Crippen LogP contribution in [0.25, 0.3) is 0 Å². The van der Waals surface area contributed by atoms with E-state index in [9.17, 15) is 4.79 Å². The monoisotopic (exact) mass is 217 g/mol. The minimum atomic E-state index is -0.431. The number of nitrogens with one attached hydrogen (secondary N) is 1. The first-order valence-corrected chi connectivity index (χ1v) is 5.33. The molecule has 0 saturated carbocycles. The fraction of sp³-hybridized carbons (Fsp3) is 0.909. The van der Waals surface area contributed by atoms with Crippen molar-refractivity contribution in [2.45, 2.75) is 58.7 Å². The first-order chi connectivity index (χ1) is 6.74. The van der Waals surface area contributed by atoms with Gasteiger partial charge in [0.1, 0.15) is 5.60 Å². The summed E-state index contributed by atoms with van der Waals surface area (Å²) in [5.74, 6) is -0.215. The number of hydrogen-bond acceptors (Lipinski definition) is 4. The van der Waals surface area contributed by atoms with E-state index in [-0.39, 0.29) is 24.7 Å². The molecule has 2 N–H and O–H groups in total. The lowest BCUT2D eigenvalue weighted by Crippen LogP contribution is -2.39. The van der Waals surface area contributed by atoms with Crippen molar-refractivity contribution in [3.05, 3.63) is 0 Å². The van der Waals surface area contributed by atoms with Crippen molar-refractivity contribution in [3.63, 3.8) is 0 Å². The standard InChI is InChI=1S/C11H23NO3/c1-8(12-9(2)7-13)6-10(14)15-11(3,4)5/h8-9,12-13H,6-7H2,1-5H3/t8?,9-/m0/s1. The summed E-state index contributed by atoms with van der Waals surface area (Å²) in [6.45, 7) is 9.37. The largest absolute Gasteiger partial charge is 0.460 e. The minimum Gasteiger partial charge on any atom is -0.460 e. The van der Waals surface area contributed by atoms with E-state index in [1.807, 2.05) is 34.6 Å². The van der Waals surface area contributed by atoms with Crippen LogP contribution in [0.1, 0.15) is 41.0 Å². The summed E-state index contributed by atoms with van der Waals surface area (Å²) in [6.07, 6.45) is 0.321. The molecule has 2 atom stereocenters. The molecule has 4 nitrogen and oxygen atoms in total. The van der Waals surface area contributed by atoms with Gasteiger partial charge in [-0.25, -0.2) is 0 Å². The molecule has 0 bridgehead atoms. The normalized spacial score (nSPS) is 15.9. The Bertz CT molecular complexity index is 198. The van der Waals surface area contributed by atoms with Crippen molar-refractivity contribution >= 4 is 5.97 Å². The molecule has 0 aromatic rings. The number of carbonyl (C=O) groups is 1. The zero-order chi connectivity index (χ0) is 12.1. The third-order valence-corrected chi connectivity index (χ3v) is 1.74. The molecular formula is C11H23NO3. The van der Waals surface area contributed by atoms with E-state index < -0.39 is 5.60 Å². The summed E-state index contributed by atoms with van der Waals surface area (Å²) in [4.78, 5) is 11.4. The van der Waals surface area contributed by atoms with Crippen LogP contribution < -0.4 is 5.32 Å². The van der Waals surface area contributed by atoms with Gasteiger partial charge in [-0.2, -0.15) is 0 Å². The molecule has 0 amide bonds. The molecule has 0 radical (unpaired) electrons. The Labute approximate surface area is 92.0 Å². The molecule has 0 aromatic carbocycles. The number of hydrogen-bond donors (Lipinski definition) is 2. The summed E-state index contributed by atoms with van der Waals surface area (Å²) in [5, 5.41) is 11.9. The summed E-state index contributed by atoms with van der Waals surface area (Å²) in [6, 6.07) is 0.0180. The first kappa shape index (κ1) is 14.4. The number of esters is 1. The maximum atomic E-state index is 11.4. The van der Waals surface area contributed by atoms with Crippen molar-refractivity contribution in [1.82, 2.24) is 5.32 Å². The Kier molecular flexibility index (Phi) is 5.83. The van der Waals surface area contributed by atoms with Crippen molar-refractivity contribution in [1.29, 1.82) is 0 Å². The highest BCUT2D eigenvalue weighted by atomic mass is 16.6. The lowest BCUT2D eigenvalue weighted by molar-refractivity contribution is -0.155. The first-order valence-electron chi connectivity index (χ1n) is 5.33. The van der Waals surface area contributed by atoms with E-state index in [0.717, 1.165) is 0 Å². The van der Waals surface area contributed by atoms with E-state index >= 15 is 0 Å². The Morgan fingerprint density at radius 1 is 1.33 bits per heavy atom. The van der Waals surface area contributed by atoms with Gasteiger partial charge in [0.15, 0.2) is 0 Å². The Balaban J connectivity index is 3.87. The molecule has 4 heteroatoms. The summed E-state index contributed by atoms with van der Waals surface area (Å²) < 4.78 is 5.18. The van der Waals surface area contributed by atoms with Gasteiger partial charge in [0.2, 0.25) is 0 Å². The fourth-order valence-electron chi connectivity index (χ4n) is 1.23. The molecule has 1 unspecified atom stereocenters. The average Bonchev–Trinajstić information content (AvgIpc) is 1.99. The van der Waals surface area contributed by atoms with Gasteiger partial charge in [-0.05, 0) is 34.6 Å². The van der Waals surface area contributed by atoms with Crippen molar-refractivity contribution < 1.29 is 14.6 Å². The van der Waals surface area contributed by atoms with Gasteiger partial charge in [-0.3, -0.25) is 4.79 Å². The smallest absolute Gasteiger partial charge is 0.307 e. The SMILES string of the molecule is CC(CC(=O)OC(C)(C)C)N[C@@H](C)CO. The molecule has 0 fully saturated rings. The van der Waals surface area contributed by atoms with Crippen LogP contribution >= 0.6 is 0 Å². The van der Waals surface area contributed by atoms with Crippen molar-refractivity contribution in [2.24, 2.45) is 0 Å². The quantitative estimate of drug-likeness (QED) is 0.676. The van der Waals surface area contributed by atoms with E-state index in [0.29, 0.717) is 6.42 Å². The zero-order valence-electron chi connectivity index (χ0n) is 10.3. The van der Waals surface area contributed by atoms with Gasteiger partial charge in [-0.15, -0.1) is 0 Å². The number of aliphatic hydroxyl groups is 1. The van der Waals surface area contributed by atoms with Crippen LogP contribution in [0.5, 0.6) is 0 Å². The van der Waals surface area contributed by atoms with E-state index in [2.05, 4.69) is 5.32 Å². The van der Waals surface area contributed by atoms with E-state index in [1.54, 1.807) is 0 Å². The molecule has 0 aliphatic carbocycles. The zero-order valence-corrected chi connectivity index (χ0v) is 10.3. The molecule has 0 heterocycles. The Hall–Kier alpha value is -0.610. The summed E-state index contributed by atoms with van der Waals surface area (Å²) >= 11 is 0. The molecule has 0 saturated heterocycles. The molecule has 0 aliphatic heterocycles. The maximum Gasteiger partial charge on any atom is 0.307 e. The van der Waals surface area contributed by atoms with Crippen molar-refractivity contribution in [2.75, 3.05) is 6.61 Å². The summed E-state index contributed by atoms with van der Waals surface area (Å²) in [5.41, 5.74) is -0.431. The number of aliphatic hydroxyl groups excluding tert-OH is 1. The average molecular weight is 217 g/mol. The Morgan fingerprint density at radius 2 is 1.87 bits per heavy atom. The third kappa shape index (κ3) is 8.39. The van der Waals surface area contributed by atoms with Crippen LogP contribution in [-0.2, 0) is 9.53 Å². The summed E-state index contributed by atoms with van der Waals surface area (Å²) in [7, 11) is 0. The van der Waals surface area contributed by atoms with Gasteiger partial charge in [0, 0.05) is 12.1 Å². The predicted molar refractivity (Wildman–Crippen MR) is 59.6 cm³/mol. The number of rotatable bonds is 5. The van der Waals surface area contributed by atoms with Crippen LogP contribution in [0.2, 0.25) is 0 Å². The van der Waals surface area contributed by atoms with Crippen molar-refractivity contribution in [3.8, 4) is 0 Å². The molecule has 90 valence electrons. The second-order valence-corrected chi connectivity index (χ2v) is 4.94. The highest BCUT2D eigenvalue weighted by molar-refractivity contribution is 5.70. The number of carbonyl (C=O) groups excluding carboxylic acids is 1. The van der Waals surface area contributed by atoms with Crippen LogP contribution in [0.4, 0.5) is 0 Å². The molecule has 0 rings (SSSR count). The molecular weight excluding hydrogens is 194 g/mol. The van der Waals surface area contributed by atoms with Gasteiger partial charge in [-0.1, -0.05) is 0 Å². The second-order valence-electron chi connectivity index (χ2n) is 4.94. The number of ether oxygens (including phenoxy) is 1. The highest BCUT2D eigenvalue weighted by Gasteiger charge is 2.18. The Morgan fingerprint density at radius 3 is 2.27 bits per heavy atom. The highest BCUT2D eigenvalue weighted by Crippen LogP contribution is 2.09. The van der Waals surface area contributed by atoms with Crippen LogP contribution in [-0.4, -0.2) is 35.4 Å². The van der Waals surface area contributed by atoms with Crippen LogP contribution in [0.15, 0.2) is 0 Å². The lowest BCUT2D eigenvalue weighted by atomic mass is 10.1. The molecule has 15 heavy (non-hydrogen) atoms. The minimum absolute atomic E-state index is 0.00226. The third-order valence-electron chi connectivity index (χ3n) is 1.74. The molecule has 0 aromatic heterocycles. The topological polar surface area (TPSA) is 58.6 Å². The molecule has 0 spiro atoms. The van der Waals surface area contributed by atoms with Crippen LogP contribution in [0, 0.1) is 0 Å². The van der Waals surface area contributed by atoms with Crippen LogP contribution in [0.3, 0.4) is 0 Å². The second kappa shape index (κ2) is 6.08.